The Labute approximate surface area is 142 Å². The van der Waals surface area contributed by atoms with Crippen molar-refractivity contribution in [1.82, 2.24) is 9.88 Å². The van der Waals surface area contributed by atoms with Crippen LogP contribution >= 0.6 is 0 Å². The van der Waals surface area contributed by atoms with Crippen molar-refractivity contribution in [2.45, 2.75) is 18.8 Å². The van der Waals surface area contributed by atoms with Gasteiger partial charge in [0, 0.05) is 18.5 Å². The molecule has 0 spiro atoms. The Morgan fingerprint density at radius 1 is 1.08 bits per heavy atom. The summed E-state index contributed by atoms with van der Waals surface area (Å²) in [6, 6.07) is 7.41. The molecular weight excluding hydrogens is 366 g/mol. The van der Waals surface area contributed by atoms with E-state index >= 15 is 0 Å². The minimum absolute atomic E-state index is 0.255. The lowest BCUT2D eigenvalue weighted by Gasteiger charge is -2.33. The van der Waals surface area contributed by atoms with E-state index in [1.54, 1.807) is 12.1 Å². The number of carbonyl (C=O) groups excluding carboxylic acids is 1. The van der Waals surface area contributed by atoms with E-state index in [-0.39, 0.29) is 11.1 Å². The second-order valence-corrected chi connectivity index (χ2v) is 6.15. The molecule has 0 atom stereocenters. The normalized spacial score (nSPS) is 17.7. The van der Waals surface area contributed by atoms with Crippen LogP contribution in [0.15, 0.2) is 35.1 Å². The molecule has 0 bridgehead atoms. The molecule has 1 aliphatic heterocycles. The van der Waals surface area contributed by atoms with Gasteiger partial charge in [0.15, 0.2) is 5.41 Å². The lowest BCUT2D eigenvalue weighted by Crippen LogP contribution is -2.52. The first-order valence-corrected chi connectivity index (χ1v) is 7.51. The summed E-state index contributed by atoms with van der Waals surface area (Å²) in [7, 11) is 0. The number of H-pyrrole nitrogens is 1. The fourth-order valence-corrected chi connectivity index (χ4v) is 3.10. The summed E-state index contributed by atoms with van der Waals surface area (Å²) < 4.78 is 78.6. The number of carbonyl (C=O) groups is 1. The number of likely N-dealkylation sites (tertiary alicyclic amines) is 1. The van der Waals surface area contributed by atoms with Crippen molar-refractivity contribution in [3.63, 3.8) is 0 Å². The van der Waals surface area contributed by atoms with Crippen LogP contribution in [0.4, 0.5) is 26.3 Å². The number of fused-ring (bicyclic) bond motifs is 1. The third-order valence-electron chi connectivity index (χ3n) is 4.63. The molecule has 1 N–H and O–H groups in total. The van der Waals surface area contributed by atoms with E-state index < -0.39 is 48.7 Å². The summed E-state index contributed by atoms with van der Waals surface area (Å²) in [4.78, 5) is 27.1. The molecule has 140 valence electrons. The molecule has 4 nitrogen and oxygen atoms in total. The Kier molecular flexibility index (Phi) is 4.04. The maximum atomic E-state index is 13.1. The van der Waals surface area contributed by atoms with Gasteiger partial charge >= 0.3 is 12.4 Å². The minimum atomic E-state index is -5.54. The molecule has 26 heavy (non-hydrogen) atoms. The largest absolute Gasteiger partial charge is 0.404 e. The quantitative estimate of drug-likeness (QED) is 0.773. The van der Waals surface area contributed by atoms with Crippen molar-refractivity contribution in [3.05, 3.63) is 46.4 Å². The molecule has 1 aliphatic rings. The van der Waals surface area contributed by atoms with Crippen molar-refractivity contribution in [2.24, 2.45) is 5.41 Å². The number of aromatic nitrogens is 1. The van der Waals surface area contributed by atoms with E-state index in [0.29, 0.717) is 10.3 Å². The highest BCUT2D eigenvalue weighted by atomic mass is 19.4. The third-order valence-corrected chi connectivity index (χ3v) is 4.63. The van der Waals surface area contributed by atoms with Gasteiger partial charge < -0.3 is 9.88 Å². The Balaban J connectivity index is 1.96. The molecule has 0 radical (unpaired) electrons. The number of hydrogen-bond acceptors (Lipinski definition) is 2. The molecule has 0 unspecified atom stereocenters. The van der Waals surface area contributed by atoms with Gasteiger partial charge in [-0.3, -0.25) is 9.59 Å². The molecule has 1 aromatic carbocycles. The standard InChI is InChI=1S/C16H12F6N2O2/c17-15(18,19)14(16(20,21)22)5-6-24(8-14)13(26)11-7-9-3-1-2-4-10(9)12(25)23-11/h1-4,7H,5-6,8H2,(H,23,25). The van der Waals surface area contributed by atoms with Gasteiger partial charge in [0.1, 0.15) is 5.69 Å². The number of nitrogens with zero attached hydrogens (tertiary/aromatic N) is 1. The average Bonchev–Trinajstić information content (AvgIpc) is 3.00. The monoisotopic (exact) mass is 378 g/mol. The van der Waals surface area contributed by atoms with Gasteiger partial charge in [-0.05, 0) is 23.9 Å². The number of pyridine rings is 1. The van der Waals surface area contributed by atoms with Gasteiger partial charge in [0.2, 0.25) is 0 Å². The topological polar surface area (TPSA) is 53.2 Å². The van der Waals surface area contributed by atoms with E-state index in [1.165, 1.54) is 18.2 Å². The fraction of sp³-hybridized carbons (Fsp3) is 0.375. The number of nitrogens with one attached hydrogen (secondary N) is 1. The number of benzene rings is 1. The second-order valence-electron chi connectivity index (χ2n) is 6.15. The molecule has 10 heteroatoms. The van der Waals surface area contributed by atoms with E-state index in [4.69, 9.17) is 0 Å². The first-order chi connectivity index (χ1) is 12.0. The first-order valence-electron chi connectivity index (χ1n) is 7.51. The average molecular weight is 378 g/mol. The number of hydrogen-bond donors (Lipinski definition) is 1. The van der Waals surface area contributed by atoms with Crippen LogP contribution in [0.3, 0.4) is 0 Å². The zero-order chi connectivity index (χ0) is 19.3. The van der Waals surface area contributed by atoms with Gasteiger partial charge in [-0.2, -0.15) is 26.3 Å². The number of rotatable bonds is 1. The molecule has 0 saturated carbocycles. The highest BCUT2D eigenvalue weighted by Crippen LogP contribution is 2.55. The lowest BCUT2D eigenvalue weighted by atomic mass is 9.85. The minimum Gasteiger partial charge on any atom is -0.336 e. The summed E-state index contributed by atoms with van der Waals surface area (Å²) in [6.07, 6.45) is -12.4. The van der Waals surface area contributed by atoms with Crippen molar-refractivity contribution < 1.29 is 31.1 Å². The fourth-order valence-electron chi connectivity index (χ4n) is 3.10. The number of alkyl halides is 6. The first kappa shape index (κ1) is 18.3. The van der Waals surface area contributed by atoms with Crippen LogP contribution in [0.5, 0.6) is 0 Å². The van der Waals surface area contributed by atoms with E-state index in [2.05, 4.69) is 4.98 Å². The Morgan fingerprint density at radius 2 is 1.69 bits per heavy atom. The summed E-state index contributed by atoms with van der Waals surface area (Å²) >= 11 is 0. The molecule has 2 heterocycles. The van der Waals surface area contributed by atoms with Crippen LogP contribution in [0.1, 0.15) is 16.9 Å². The summed E-state index contributed by atoms with van der Waals surface area (Å²) in [5.74, 6) is -1.08. The van der Waals surface area contributed by atoms with Crippen LogP contribution in [-0.2, 0) is 0 Å². The lowest BCUT2D eigenvalue weighted by molar-refractivity contribution is -0.334. The Hall–Kier alpha value is -2.52. The third kappa shape index (κ3) is 2.73. The molecule has 2 aromatic rings. The highest BCUT2D eigenvalue weighted by molar-refractivity contribution is 5.96. The molecule has 1 aromatic heterocycles. The number of amides is 1. The van der Waals surface area contributed by atoms with E-state index in [1.807, 2.05) is 0 Å². The maximum Gasteiger partial charge on any atom is 0.404 e. The van der Waals surface area contributed by atoms with E-state index in [0.717, 1.165) is 0 Å². The van der Waals surface area contributed by atoms with Crippen LogP contribution in [0.2, 0.25) is 0 Å². The van der Waals surface area contributed by atoms with Gasteiger partial charge in [-0.1, -0.05) is 18.2 Å². The van der Waals surface area contributed by atoms with Crippen molar-refractivity contribution in [2.75, 3.05) is 13.1 Å². The zero-order valence-corrected chi connectivity index (χ0v) is 13.0. The number of aromatic amines is 1. The predicted molar refractivity (Wildman–Crippen MR) is 79.6 cm³/mol. The summed E-state index contributed by atoms with van der Waals surface area (Å²) in [5.41, 5.74) is -4.97. The maximum absolute atomic E-state index is 13.1. The summed E-state index contributed by atoms with van der Waals surface area (Å²) in [6.45, 7) is -2.25. The van der Waals surface area contributed by atoms with Gasteiger partial charge in [0.25, 0.3) is 11.5 Å². The Morgan fingerprint density at radius 3 is 2.27 bits per heavy atom. The van der Waals surface area contributed by atoms with Crippen LogP contribution < -0.4 is 5.56 Å². The van der Waals surface area contributed by atoms with Crippen molar-refractivity contribution in [3.8, 4) is 0 Å². The van der Waals surface area contributed by atoms with Gasteiger partial charge in [-0.25, -0.2) is 0 Å². The van der Waals surface area contributed by atoms with Gasteiger partial charge in [0.05, 0.1) is 0 Å². The van der Waals surface area contributed by atoms with Crippen molar-refractivity contribution >= 4 is 16.7 Å². The predicted octanol–water partition coefficient (Wildman–Crippen LogP) is 3.49. The Bertz CT molecular complexity index is 901. The van der Waals surface area contributed by atoms with Crippen LogP contribution in [0.25, 0.3) is 10.8 Å². The van der Waals surface area contributed by atoms with Crippen molar-refractivity contribution in [1.29, 1.82) is 0 Å². The smallest absolute Gasteiger partial charge is 0.336 e. The second kappa shape index (κ2) is 5.75. The van der Waals surface area contributed by atoms with Crippen LogP contribution in [-0.4, -0.2) is 41.2 Å². The van der Waals surface area contributed by atoms with Crippen LogP contribution in [0, 0.1) is 5.41 Å². The van der Waals surface area contributed by atoms with E-state index in [9.17, 15) is 35.9 Å². The molecular formula is C16H12F6N2O2. The molecule has 1 amide bonds. The highest BCUT2D eigenvalue weighted by Gasteiger charge is 2.72. The molecule has 1 saturated heterocycles. The number of halogens is 6. The van der Waals surface area contributed by atoms with Gasteiger partial charge in [-0.15, -0.1) is 0 Å². The zero-order valence-electron chi connectivity index (χ0n) is 13.0. The molecule has 1 fully saturated rings. The molecule has 3 rings (SSSR count). The SMILES string of the molecule is O=C(c1cc2ccccc2c(=O)[nH]1)N1CCC(C(F)(F)F)(C(F)(F)F)C1. The molecule has 0 aliphatic carbocycles. The summed E-state index contributed by atoms with van der Waals surface area (Å²) in [5, 5.41) is 0.613.